The number of hydrogen-bond acceptors (Lipinski definition) is 4. The smallest absolute Gasteiger partial charge is 0.322 e. The summed E-state index contributed by atoms with van der Waals surface area (Å²) in [7, 11) is 0. The van der Waals surface area contributed by atoms with E-state index in [4.69, 9.17) is 4.74 Å². The Morgan fingerprint density at radius 1 is 1.23 bits per heavy atom. The monoisotopic (exact) mass is 355 g/mol. The lowest BCUT2D eigenvalue weighted by Gasteiger charge is -2.31. The lowest BCUT2D eigenvalue weighted by atomic mass is 10.1. The van der Waals surface area contributed by atoms with Crippen LogP contribution in [-0.2, 0) is 4.74 Å². The van der Waals surface area contributed by atoms with Crippen molar-refractivity contribution < 1.29 is 9.53 Å². The van der Waals surface area contributed by atoms with Gasteiger partial charge in [0.05, 0.1) is 29.9 Å². The van der Waals surface area contributed by atoms with E-state index in [-0.39, 0.29) is 12.1 Å². The highest BCUT2D eigenvalue weighted by atomic mass is 16.5. The Labute approximate surface area is 153 Å². The molecule has 4 rings (SSSR count). The molecular formula is C19H25N5O2. The Morgan fingerprint density at radius 3 is 2.77 bits per heavy atom. The molecule has 7 heteroatoms. The van der Waals surface area contributed by atoms with Crippen LogP contribution in [0.15, 0.2) is 36.9 Å². The molecule has 1 saturated carbocycles. The molecule has 0 spiro atoms. The van der Waals surface area contributed by atoms with Crippen LogP contribution >= 0.6 is 0 Å². The average molecular weight is 355 g/mol. The van der Waals surface area contributed by atoms with Crippen molar-refractivity contribution in [3.8, 4) is 5.69 Å². The maximum Gasteiger partial charge on any atom is 0.322 e. The molecule has 1 N–H and O–H groups in total. The van der Waals surface area contributed by atoms with E-state index in [1.54, 1.807) is 23.3 Å². The minimum atomic E-state index is -0.0540. The first kappa shape index (κ1) is 17.0. The van der Waals surface area contributed by atoms with Gasteiger partial charge in [-0.05, 0) is 37.8 Å². The van der Waals surface area contributed by atoms with Crippen LogP contribution in [0.4, 0.5) is 10.5 Å². The van der Waals surface area contributed by atoms with Gasteiger partial charge in [-0.2, -0.15) is 5.10 Å². The molecule has 26 heavy (non-hydrogen) atoms. The summed E-state index contributed by atoms with van der Waals surface area (Å²) >= 11 is 0. The molecule has 3 heterocycles. The van der Waals surface area contributed by atoms with Gasteiger partial charge in [0.25, 0.3) is 0 Å². The summed E-state index contributed by atoms with van der Waals surface area (Å²) in [5.41, 5.74) is 1.61. The number of rotatable bonds is 5. The lowest BCUT2D eigenvalue weighted by molar-refractivity contribution is 0.0729. The molecule has 0 radical (unpaired) electrons. The van der Waals surface area contributed by atoms with Gasteiger partial charge in [0.15, 0.2) is 0 Å². The topological polar surface area (TPSA) is 72.3 Å². The Hall–Kier alpha value is -2.41. The van der Waals surface area contributed by atoms with E-state index >= 15 is 0 Å². The number of carbonyl (C=O) groups excluding carboxylic acids is 1. The van der Waals surface area contributed by atoms with Crippen molar-refractivity contribution in [1.82, 2.24) is 19.7 Å². The average Bonchev–Trinajstić information content (AvgIpc) is 3.42. The summed E-state index contributed by atoms with van der Waals surface area (Å²) in [6.45, 7) is 1.48. The molecule has 2 aromatic heterocycles. The number of pyridine rings is 1. The summed E-state index contributed by atoms with van der Waals surface area (Å²) in [5.74, 6) is 0. The Balaban J connectivity index is 1.44. The predicted octanol–water partition coefficient (Wildman–Crippen LogP) is 3.22. The second-order valence-electron chi connectivity index (χ2n) is 7.03. The normalized spacial score (nSPS) is 20.4. The van der Waals surface area contributed by atoms with E-state index in [1.807, 2.05) is 23.2 Å². The minimum absolute atomic E-state index is 0.0540. The minimum Gasteiger partial charge on any atom is -0.376 e. The fraction of sp³-hybridized carbons (Fsp3) is 0.526. The second-order valence-corrected chi connectivity index (χ2v) is 7.03. The molecule has 138 valence electrons. The zero-order valence-corrected chi connectivity index (χ0v) is 14.9. The maximum absolute atomic E-state index is 12.9. The SMILES string of the molecule is O=C(Nc1cnn(-c2ccncc2)c1)N(CC1CCCO1)C1CCCC1. The van der Waals surface area contributed by atoms with Crippen molar-refractivity contribution in [2.24, 2.45) is 0 Å². The maximum atomic E-state index is 12.9. The van der Waals surface area contributed by atoms with Crippen LogP contribution < -0.4 is 5.32 Å². The van der Waals surface area contributed by atoms with Crippen LogP contribution in [0.1, 0.15) is 38.5 Å². The summed E-state index contributed by atoms with van der Waals surface area (Å²) in [6, 6.07) is 4.01. The van der Waals surface area contributed by atoms with E-state index in [0.717, 1.165) is 38.0 Å². The number of aromatic nitrogens is 3. The molecule has 1 atom stereocenters. The van der Waals surface area contributed by atoms with Gasteiger partial charge in [0.1, 0.15) is 0 Å². The molecule has 1 saturated heterocycles. The number of nitrogens with zero attached hydrogens (tertiary/aromatic N) is 4. The lowest BCUT2D eigenvalue weighted by Crippen LogP contribution is -2.45. The molecule has 1 aliphatic carbocycles. The molecule has 0 bridgehead atoms. The number of amides is 2. The number of nitrogens with one attached hydrogen (secondary N) is 1. The van der Waals surface area contributed by atoms with Crippen LogP contribution in [0.3, 0.4) is 0 Å². The third-order valence-corrected chi connectivity index (χ3v) is 5.21. The van der Waals surface area contributed by atoms with E-state index in [9.17, 15) is 4.79 Å². The van der Waals surface area contributed by atoms with Gasteiger partial charge in [0, 0.05) is 31.6 Å². The van der Waals surface area contributed by atoms with Crippen LogP contribution in [-0.4, -0.2) is 51.0 Å². The third-order valence-electron chi connectivity index (χ3n) is 5.21. The van der Waals surface area contributed by atoms with Crippen LogP contribution in [0.2, 0.25) is 0 Å². The second kappa shape index (κ2) is 7.86. The quantitative estimate of drug-likeness (QED) is 0.894. The molecular weight excluding hydrogens is 330 g/mol. The molecule has 7 nitrogen and oxygen atoms in total. The van der Waals surface area contributed by atoms with Gasteiger partial charge in [-0.1, -0.05) is 12.8 Å². The first-order valence-corrected chi connectivity index (χ1v) is 9.44. The van der Waals surface area contributed by atoms with Crippen molar-refractivity contribution in [1.29, 1.82) is 0 Å². The van der Waals surface area contributed by atoms with Crippen molar-refractivity contribution in [2.75, 3.05) is 18.5 Å². The van der Waals surface area contributed by atoms with Crippen molar-refractivity contribution in [2.45, 2.75) is 50.7 Å². The molecule has 2 aliphatic rings. The third kappa shape index (κ3) is 3.88. The Morgan fingerprint density at radius 2 is 2.04 bits per heavy atom. The fourth-order valence-corrected chi connectivity index (χ4v) is 3.84. The van der Waals surface area contributed by atoms with E-state index in [0.29, 0.717) is 18.3 Å². The molecule has 0 aromatic carbocycles. The van der Waals surface area contributed by atoms with E-state index in [1.165, 1.54) is 12.8 Å². The Kier molecular flexibility index (Phi) is 5.15. The van der Waals surface area contributed by atoms with Gasteiger partial charge in [0.2, 0.25) is 0 Å². The van der Waals surface area contributed by atoms with Crippen molar-refractivity contribution >= 4 is 11.7 Å². The highest BCUT2D eigenvalue weighted by Crippen LogP contribution is 2.26. The van der Waals surface area contributed by atoms with E-state index in [2.05, 4.69) is 15.4 Å². The van der Waals surface area contributed by atoms with Gasteiger partial charge < -0.3 is 15.0 Å². The largest absolute Gasteiger partial charge is 0.376 e. The zero-order valence-electron chi connectivity index (χ0n) is 14.9. The number of ether oxygens (including phenoxy) is 1. The fourth-order valence-electron chi connectivity index (χ4n) is 3.84. The van der Waals surface area contributed by atoms with Gasteiger partial charge >= 0.3 is 6.03 Å². The highest BCUT2D eigenvalue weighted by Gasteiger charge is 2.30. The number of urea groups is 1. The van der Waals surface area contributed by atoms with Crippen molar-refractivity contribution in [3.05, 3.63) is 36.9 Å². The highest BCUT2D eigenvalue weighted by molar-refractivity contribution is 5.89. The molecule has 2 fully saturated rings. The van der Waals surface area contributed by atoms with Crippen LogP contribution in [0, 0.1) is 0 Å². The molecule has 2 aromatic rings. The summed E-state index contributed by atoms with van der Waals surface area (Å²) in [6.07, 6.45) is 13.8. The first-order valence-electron chi connectivity index (χ1n) is 9.44. The predicted molar refractivity (Wildman–Crippen MR) is 98.3 cm³/mol. The molecule has 1 unspecified atom stereocenters. The molecule has 1 aliphatic heterocycles. The van der Waals surface area contributed by atoms with Gasteiger partial charge in [-0.15, -0.1) is 0 Å². The first-order chi connectivity index (χ1) is 12.8. The van der Waals surface area contributed by atoms with E-state index < -0.39 is 0 Å². The Bertz CT molecular complexity index is 721. The molecule has 2 amide bonds. The number of carbonyl (C=O) groups is 1. The van der Waals surface area contributed by atoms with Crippen molar-refractivity contribution in [3.63, 3.8) is 0 Å². The number of hydrogen-bond donors (Lipinski definition) is 1. The summed E-state index contributed by atoms with van der Waals surface area (Å²) in [4.78, 5) is 18.9. The van der Waals surface area contributed by atoms with Crippen LogP contribution in [0.25, 0.3) is 5.69 Å². The van der Waals surface area contributed by atoms with Gasteiger partial charge in [-0.3, -0.25) is 4.98 Å². The van der Waals surface area contributed by atoms with Gasteiger partial charge in [-0.25, -0.2) is 9.48 Å². The standard InChI is InChI=1S/C19H25N5O2/c25-19(22-15-12-21-24(13-15)17-7-9-20-10-8-17)23(16-4-1-2-5-16)14-18-6-3-11-26-18/h7-10,12-13,16,18H,1-6,11,14H2,(H,22,25). The summed E-state index contributed by atoms with van der Waals surface area (Å²) in [5, 5.41) is 7.35. The number of anilines is 1. The summed E-state index contributed by atoms with van der Waals surface area (Å²) < 4.78 is 7.49. The van der Waals surface area contributed by atoms with Crippen LogP contribution in [0.5, 0.6) is 0 Å². The zero-order chi connectivity index (χ0) is 17.8.